The molecule has 0 bridgehead atoms. The molecular weight excluding hydrogens is 751 g/mol. The molecule has 0 spiro atoms. The van der Waals surface area contributed by atoms with Crippen molar-refractivity contribution >= 4 is 5.91 Å². The molecule has 5 heteroatoms. The summed E-state index contributed by atoms with van der Waals surface area (Å²) in [4.78, 5) is 12.5. The number of hydrogen-bond acceptors (Lipinski definition) is 4. The molecule has 0 aliphatic carbocycles. The Morgan fingerprint density at radius 3 is 0.902 bits per heavy atom. The van der Waals surface area contributed by atoms with Gasteiger partial charge in [-0.1, -0.05) is 309 Å². The first-order valence-electron chi connectivity index (χ1n) is 28.0. The second kappa shape index (κ2) is 51.7. The number of carbonyl (C=O) groups excluding carboxylic acids is 1. The summed E-state index contributed by atoms with van der Waals surface area (Å²) in [5.74, 6) is -0.495. The molecule has 0 saturated carbocycles. The highest BCUT2D eigenvalue weighted by Gasteiger charge is 2.22. The molecular formula is C56H111NO4. The number of rotatable bonds is 52. The van der Waals surface area contributed by atoms with Crippen LogP contribution in [-0.4, -0.2) is 46.1 Å². The number of aliphatic hydroxyl groups excluding tert-OH is 3. The molecule has 4 N–H and O–H groups in total. The lowest BCUT2D eigenvalue weighted by atomic mass is 10.0. The molecule has 3 unspecified atom stereocenters. The molecule has 0 aromatic carbocycles. The van der Waals surface area contributed by atoms with Crippen LogP contribution in [0.15, 0.2) is 12.2 Å². The van der Waals surface area contributed by atoms with E-state index in [4.69, 9.17) is 0 Å². The Morgan fingerprint density at radius 2 is 0.639 bits per heavy atom. The van der Waals surface area contributed by atoms with Crippen molar-refractivity contribution in [3.05, 3.63) is 12.2 Å². The summed E-state index contributed by atoms with van der Waals surface area (Å²) in [7, 11) is 0. The normalized spacial score (nSPS) is 13.3. The molecule has 0 aromatic rings. The van der Waals surface area contributed by atoms with Crippen molar-refractivity contribution in [1.29, 1.82) is 0 Å². The first kappa shape index (κ1) is 60.1. The molecule has 0 heterocycles. The van der Waals surface area contributed by atoms with Gasteiger partial charge in [0.2, 0.25) is 5.91 Å². The third-order valence-electron chi connectivity index (χ3n) is 13.4. The summed E-state index contributed by atoms with van der Waals surface area (Å²) in [6, 6.07) is -0.794. The lowest BCUT2D eigenvalue weighted by Gasteiger charge is -2.21. The Kier molecular flexibility index (Phi) is 51.0. The summed E-state index contributed by atoms with van der Waals surface area (Å²) < 4.78 is 0. The summed E-state index contributed by atoms with van der Waals surface area (Å²) in [6.07, 6.45) is 64.3. The van der Waals surface area contributed by atoms with Crippen molar-refractivity contribution in [2.75, 3.05) is 6.61 Å². The number of amides is 1. The van der Waals surface area contributed by atoms with E-state index < -0.39 is 24.2 Å². The zero-order chi connectivity index (χ0) is 44.4. The van der Waals surface area contributed by atoms with Gasteiger partial charge < -0.3 is 20.6 Å². The minimum absolute atomic E-state index is 0.358. The number of aliphatic hydroxyl groups is 3. The number of hydrogen-bond donors (Lipinski definition) is 4. The van der Waals surface area contributed by atoms with Crippen molar-refractivity contribution in [1.82, 2.24) is 5.32 Å². The quantitative estimate of drug-likeness (QED) is 0.0362. The van der Waals surface area contributed by atoms with Gasteiger partial charge in [-0.3, -0.25) is 4.79 Å². The maximum atomic E-state index is 12.5. The van der Waals surface area contributed by atoms with Crippen LogP contribution in [0.1, 0.15) is 316 Å². The Labute approximate surface area is 382 Å². The van der Waals surface area contributed by atoms with E-state index in [-0.39, 0.29) is 6.61 Å². The van der Waals surface area contributed by atoms with E-state index in [0.29, 0.717) is 6.42 Å². The maximum Gasteiger partial charge on any atom is 0.249 e. The van der Waals surface area contributed by atoms with Crippen LogP contribution in [0.25, 0.3) is 0 Å². The van der Waals surface area contributed by atoms with Gasteiger partial charge in [-0.05, 0) is 19.3 Å². The van der Waals surface area contributed by atoms with E-state index in [1.807, 2.05) is 6.08 Å². The van der Waals surface area contributed by atoms with E-state index in [9.17, 15) is 20.1 Å². The van der Waals surface area contributed by atoms with Crippen LogP contribution in [0, 0.1) is 0 Å². The number of unbranched alkanes of at least 4 members (excludes halogenated alkanes) is 44. The third kappa shape index (κ3) is 46.9. The monoisotopic (exact) mass is 862 g/mol. The van der Waals surface area contributed by atoms with Crippen molar-refractivity contribution < 1.29 is 20.1 Å². The fourth-order valence-electron chi connectivity index (χ4n) is 9.01. The zero-order valence-corrected chi connectivity index (χ0v) is 41.6. The van der Waals surface area contributed by atoms with Gasteiger partial charge >= 0.3 is 0 Å². The van der Waals surface area contributed by atoms with E-state index in [2.05, 4.69) is 19.2 Å². The maximum absolute atomic E-state index is 12.5. The van der Waals surface area contributed by atoms with Gasteiger partial charge in [-0.2, -0.15) is 0 Å². The number of nitrogens with one attached hydrogen (secondary N) is 1. The van der Waals surface area contributed by atoms with Gasteiger partial charge in [0, 0.05) is 0 Å². The second-order valence-corrected chi connectivity index (χ2v) is 19.5. The predicted molar refractivity (Wildman–Crippen MR) is 269 cm³/mol. The molecule has 0 radical (unpaired) electrons. The zero-order valence-electron chi connectivity index (χ0n) is 41.6. The lowest BCUT2D eigenvalue weighted by molar-refractivity contribution is -0.131. The van der Waals surface area contributed by atoms with E-state index in [1.165, 1.54) is 263 Å². The van der Waals surface area contributed by atoms with Crippen LogP contribution >= 0.6 is 0 Å². The fraction of sp³-hybridized carbons (Fsp3) is 0.946. The van der Waals surface area contributed by atoms with Crippen LogP contribution in [0.3, 0.4) is 0 Å². The largest absolute Gasteiger partial charge is 0.394 e. The Bertz CT molecular complexity index is 864. The molecule has 0 fully saturated rings. The van der Waals surface area contributed by atoms with Gasteiger partial charge in [0.25, 0.3) is 0 Å². The standard InChI is InChI=1S/C56H111NO4/c1-3-5-7-9-11-13-15-17-19-21-23-25-27-29-30-32-34-36-38-40-42-44-46-48-50-54(59)53(52-58)57-56(61)55(60)51-49-47-45-43-41-39-37-35-33-31-28-26-24-22-20-18-16-14-12-10-8-6-4-2/h48,50,53-55,58-60H,3-47,49,51-52H2,1-2H3,(H,57,61)/b50-48+. The summed E-state index contributed by atoms with van der Waals surface area (Å²) in [5, 5.41) is 33.4. The van der Waals surface area contributed by atoms with Crippen LogP contribution in [-0.2, 0) is 4.79 Å². The minimum atomic E-state index is -1.09. The predicted octanol–water partition coefficient (Wildman–Crippen LogP) is 17.1. The van der Waals surface area contributed by atoms with Crippen molar-refractivity contribution in [2.24, 2.45) is 0 Å². The molecule has 0 saturated heterocycles. The van der Waals surface area contributed by atoms with E-state index in [1.54, 1.807) is 6.08 Å². The van der Waals surface area contributed by atoms with Gasteiger partial charge in [0.05, 0.1) is 18.8 Å². The molecule has 0 rings (SSSR count). The molecule has 1 amide bonds. The average molecular weight is 863 g/mol. The summed E-state index contributed by atoms with van der Waals surface area (Å²) >= 11 is 0. The Balaban J connectivity index is 3.54. The van der Waals surface area contributed by atoms with E-state index in [0.717, 1.165) is 32.1 Å². The second-order valence-electron chi connectivity index (χ2n) is 19.5. The molecule has 5 nitrogen and oxygen atoms in total. The topological polar surface area (TPSA) is 89.8 Å². The average Bonchev–Trinajstić information content (AvgIpc) is 3.26. The fourth-order valence-corrected chi connectivity index (χ4v) is 9.01. The van der Waals surface area contributed by atoms with Gasteiger partial charge in [-0.25, -0.2) is 0 Å². The lowest BCUT2D eigenvalue weighted by Crippen LogP contribution is -2.48. The smallest absolute Gasteiger partial charge is 0.249 e. The summed E-state index contributed by atoms with van der Waals surface area (Å²) in [5.41, 5.74) is 0. The molecule has 3 atom stereocenters. The van der Waals surface area contributed by atoms with E-state index >= 15 is 0 Å². The van der Waals surface area contributed by atoms with Crippen molar-refractivity contribution in [3.8, 4) is 0 Å². The molecule has 0 aliphatic heterocycles. The van der Waals surface area contributed by atoms with Gasteiger partial charge in [0.15, 0.2) is 0 Å². The number of allylic oxidation sites excluding steroid dienone is 1. The SMILES string of the molecule is CCCCCCCCCCCCCCCCCCCCCCCC/C=C/C(O)C(CO)NC(=O)C(O)CCCCCCCCCCCCCCCCCCCCCCCCC. The first-order chi connectivity index (χ1) is 30.1. The highest BCUT2D eigenvalue weighted by molar-refractivity contribution is 5.80. The van der Waals surface area contributed by atoms with Crippen molar-refractivity contribution in [3.63, 3.8) is 0 Å². The van der Waals surface area contributed by atoms with Crippen LogP contribution < -0.4 is 5.32 Å². The Hall–Kier alpha value is -0.910. The first-order valence-corrected chi connectivity index (χ1v) is 28.0. The Morgan fingerprint density at radius 1 is 0.393 bits per heavy atom. The molecule has 0 aromatic heterocycles. The van der Waals surface area contributed by atoms with Gasteiger partial charge in [0.1, 0.15) is 6.10 Å². The highest BCUT2D eigenvalue weighted by Crippen LogP contribution is 2.18. The third-order valence-corrected chi connectivity index (χ3v) is 13.4. The van der Waals surface area contributed by atoms with Crippen LogP contribution in [0.2, 0.25) is 0 Å². The highest BCUT2D eigenvalue weighted by atomic mass is 16.3. The van der Waals surface area contributed by atoms with Gasteiger partial charge in [-0.15, -0.1) is 0 Å². The molecule has 61 heavy (non-hydrogen) atoms. The van der Waals surface area contributed by atoms with Crippen LogP contribution in [0.5, 0.6) is 0 Å². The minimum Gasteiger partial charge on any atom is -0.394 e. The molecule has 0 aliphatic rings. The molecule has 364 valence electrons. The number of carbonyl (C=O) groups is 1. The van der Waals surface area contributed by atoms with Crippen molar-refractivity contribution in [2.45, 2.75) is 334 Å². The summed E-state index contributed by atoms with van der Waals surface area (Å²) in [6.45, 7) is 4.23. The van der Waals surface area contributed by atoms with Crippen LogP contribution in [0.4, 0.5) is 0 Å².